The van der Waals surface area contributed by atoms with Gasteiger partial charge in [-0.3, -0.25) is 0 Å². The molecule has 4 nitrogen and oxygen atoms in total. The molecule has 11 aromatic rings. The van der Waals surface area contributed by atoms with Gasteiger partial charge in [0, 0.05) is 71.3 Å². The average Bonchev–Trinajstić information content (AvgIpc) is 3.86. The molecule has 0 aliphatic carbocycles. The first-order valence-corrected chi connectivity index (χ1v) is 22.5. The van der Waals surface area contributed by atoms with Gasteiger partial charge in [-0.05, 0) is 87.1 Å². The third-order valence-corrected chi connectivity index (χ3v) is 13.2. The van der Waals surface area contributed by atoms with Crippen LogP contribution < -0.4 is 10.6 Å². The lowest BCUT2D eigenvalue weighted by atomic mass is 9.94. The van der Waals surface area contributed by atoms with Crippen molar-refractivity contribution in [2.45, 2.75) is 33.2 Å². The van der Waals surface area contributed by atoms with Crippen LogP contribution in [0.3, 0.4) is 0 Å². The predicted molar refractivity (Wildman–Crippen MR) is 272 cm³/mol. The zero-order valence-corrected chi connectivity index (χ0v) is 36.5. The topological polar surface area (TPSA) is 52.5 Å². The number of nitrogens with two attached hydrogens (primary N) is 1. The molecule has 9 aromatic carbocycles. The van der Waals surface area contributed by atoms with Crippen LogP contribution in [0.4, 0.5) is 0 Å². The molecule has 2 N–H and O–H groups in total. The molecular formula is C58H47N3OS. The quantitative estimate of drug-likeness (QED) is 0.116. The van der Waals surface area contributed by atoms with E-state index in [0.29, 0.717) is 23.6 Å². The molecule has 2 aromatic heterocycles. The van der Waals surface area contributed by atoms with Gasteiger partial charge in [0.25, 0.3) is 0 Å². The second-order valence-electron chi connectivity index (χ2n) is 15.9. The molecule has 11 rings (SSSR count). The summed E-state index contributed by atoms with van der Waals surface area (Å²) in [6.07, 6.45) is 1.96. The SMILES string of the molecule is C=C(N)c1cc(-c2ccccc2)cc(-c2ccccc2)c1O/N=C\C(Cn1c2cc3c(cc2c2c4ccccc4ccc21)sc1ccc2ccccc2c13)c1cccc(C)c1.CC. The van der Waals surface area contributed by atoms with Gasteiger partial charge in [-0.15, -0.1) is 11.3 Å². The molecule has 0 fully saturated rings. The predicted octanol–water partition coefficient (Wildman–Crippen LogP) is 15.9. The van der Waals surface area contributed by atoms with Crippen molar-refractivity contribution in [3.05, 3.63) is 205 Å². The number of thiophene rings is 1. The lowest BCUT2D eigenvalue weighted by Crippen LogP contribution is -2.12. The molecule has 1 atom stereocenters. The maximum Gasteiger partial charge on any atom is 0.175 e. The summed E-state index contributed by atoms with van der Waals surface area (Å²) in [4.78, 5) is 6.57. The van der Waals surface area contributed by atoms with E-state index >= 15 is 0 Å². The van der Waals surface area contributed by atoms with Gasteiger partial charge in [-0.25, -0.2) is 0 Å². The normalized spacial score (nSPS) is 12.1. The minimum atomic E-state index is -0.144. The van der Waals surface area contributed by atoms with E-state index in [1.165, 1.54) is 69.1 Å². The van der Waals surface area contributed by atoms with Crippen molar-refractivity contribution in [1.29, 1.82) is 0 Å². The van der Waals surface area contributed by atoms with Crippen LogP contribution in [-0.4, -0.2) is 10.8 Å². The average molecular weight is 834 g/mol. The Hall–Kier alpha value is -7.47. The molecule has 0 radical (unpaired) electrons. The van der Waals surface area contributed by atoms with Crippen LogP contribution >= 0.6 is 11.3 Å². The first-order valence-electron chi connectivity index (χ1n) is 21.7. The van der Waals surface area contributed by atoms with E-state index < -0.39 is 0 Å². The van der Waals surface area contributed by atoms with Gasteiger partial charge in [-0.2, -0.15) is 0 Å². The first kappa shape index (κ1) is 39.7. The number of aryl methyl sites for hydroxylation is 1. The number of benzene rings is 9. The highest BCUT2D eigenvalue weighted by atomic mass is 32.1. The van der Waals surface area contributed by atoms with E-state index in [1.54, 1.807) is 0 Å². The minimum Gasteiger partial charge on any atom is -0.399 e. The molecule has 0 amide bonds. The minimum absolute atomic E-state index is 0.144. The van der Waals surface area contributed by atoms with E-state index in [-0.39, 0.29) is 5.92 Å². The Labute approximate surface area is 371 Å². The van der Waals surface area contributed by atoms with E-state index in [9.17, 15) is 0 Å². The number of nitrogens with zero attached hydrogens (tertiary/aromatic N) is 2. The highest BCUT2D eigenvalue weighted by Crippen LogP contribution is 2.45. The second-order valence-corrected chi connectivity index (χ2v) is 17.0. The highest BCUT2D eigenvalue weighted by Gasteiger charge is 2.22. The third kappa shape index (κ3) is 7.20. The van der Waals surface area contributed by atoms with Crippen molar-refractivity contribution in [3.63, 3.8) is 0 Å². The molecule has 0 aliphatic heterocycles. The molecule has 5 heteroatoms. The first-order chi connectivity index (χ1) is 31.0. The second kappa shape index (κ2) is 16.8. The molecular weight excluding hydrogens is 787 g/mol. The molecule has 1 unspecified atom stereocenters. The summed E-state index contributed by atoms with van der Waals surface area (Å²) < 4.78 is 5.09. The maximum absolute atomic E-state index is 6.57. The summed E-state index contributed by atoms with van der Waals surface area (Å²) in [5, 5.41) is 15.0. The third-order valence-electron chi connectivity index (χ3n) is 12.1. The van der Waals surface area contributed by atoms with Crippen LogP contribution in [0.25, 0.3) is 91.5 Å². The molecule has 2 heterocycles. The Kier molecular flexibility index (Phi) is 10.6. The lowest BCUT2D eigenvalue weighted by Gasteiger charge is -2.18. The monoisotopic (exact) mass is 833 g/mol. The molecule has 0 aliphatic rings. The van der Waals surface area contributed by atoms with Crippen LogP contribution in [0.1, 0.15) is 36.5 Å². The van der Waals surface area contributed by atoms with Gasteiger partial charge in [0.15, 0.2) is 5.75 Å². The van der Waals surface area contributed by atoms with Crippen molar-refractivity contribution in [3.8, 4) is 28.0 Å². The van der Waals surface area contributed by atoms with Crippen LogP contribution in [-0.2, 0) is 6.54 Å². The Morgan fingerprint density at radius 1 is 0.619 bits per heavy atom. The lowest BCUT2D eigenvalue weighted by molar-refractivity contribution is 0.342. The van der Waals surface area contributed by atoms with Crippen molar-refractivity contribution >= 4 is 86.8 Å². The largest absolute Gasteiger partial charge is 0.399 e. The standard InChI is InChI=1S/C56H41N3OS.C2H6/c1-35-14-13-21-41(28-35)43(33-58-60-56-46(36(2)57)29-42(37-15-5-3-6-16-37)30-47(56)38-17-7-4-8-18-38)34-59-50-26-24-39-19-9-11-22-44(39)54(50)48-32-53-49(31-51(48)59)55-45-23-12-10-20-40(45)25-27-52(55)61-53;1-2/h3-33,43H,2,34,57H2,1H3;1-2H3/b58-33-;. The molecule has 0 bridgehead atoms. The number of hydrogen-bond acceptors (Lipinski definition) is 4. The van der Waals surface area contributed by atoms with Gasteiger partial charge in [0.1, 0.15) is 0 Å². The zero-order chi connectivity index (χ0) is 43.0. The van der Waals surface area contributed by atoms with Crippen LogP contribution in [0, 0.1) is 6.92 Å². The van der Waals surface area contributed by atoms with Crippen LogP contribution in [0.2, 0.25) is 0 Å². The fourth-order valence-electron chi connectivity index (χ4n) is 9.19. The zero-order valence-electron chi connectivity index (χ0n) is 35.7. The van der Waals surface area contributed by atoms with Crippen LogP contribution in [0.5, 0.6) is 5.75 Å². The molecule has 63 heavy (non-hydrogen) atoms. The summed E-state index contributed by atoms with van der Waals surface area (Å²) in [7, 11) is 0. The Morgan fingerprint density at radius 3 is 2.00 bits per heavy atom. The Morgan fingerprint density at radius 2 is 1.29 bits per heavy atom. The number of fused-ring (bicyclic) bond motifs is 10. The van der Waals surface area contributed by atoms with Crippen molar-refractivity contribution in [2.24, 2.45) is 10.9 Å². The van der Waals surface area contributed by atoms with Crippen molar-refractivity contribution in [1.82, 2.24) is 4.57 Å². The fourth-order valence-corrected chi connectivity index (χ4v) is 10.3. The molecule has 0 saturated heterocycles. The van der Waals surface area contributed by atoms with E-state index in [1.807, 2.05) is 73.9 Å². The van der Waals surface area contributed by atoms with Gasteiger partial charge in [0.2, 0.25) is 0 Å². The van der Waals surface area contributed by atoms with Crippen LogP contribution in [0.15, 0.2) is 194 Å². The summed E-state index contributed by atoms with van der Waals surface area (Å²) >= 11 is 1.88. The molecule has 0 saturated carbocycles. The highest BCUT2D eigenvalue weighted by molar-refractivity contribution is 7.26. The van der Waals surface area contributed by atoms with Gasteiger partial charge in [-0.1, -0.05) is 177 Å². The van der Waals surface area contributed by atoms with Gasteiger partial charge >= 0.3 is 0 Å². The van der Waals surface area contributed by atoms with E-state index in [2.05, 4.69) is 158 Å². The molecule has 306 valence electrons. The number of aromatic nitrogens is 1. The summed E-state index contributed by atoms with van der Waals surface area (Å²) in [5.74, 6) is 0.425. The number of rotatable bonds is 9. The number of hydrogen-bond donors (Lipinski definition) is 1. The summed E-state index contributed by atoms with van der Waals surface area (Å²) in [6, 6.07) is 64.9. The summed E-state index contributed by atoms with van der Waals surface area (Å²) in [6.45, 7) is 11.0. The number of oxime groups is 1. The fraction of sp³-hybridized carbons (Fsp3) is 0.0862. The van der Waals surface area contributed by atoms with Gasteiger partial charge in [0.05, 0.1) is 6.21 Å². The van der Waals surface area contributed by atoms with Gasteiger partial charge < -0.3 is 15.1 Å². The van der Waals surface area contributed by atoms with E-state index in [4.69, 9.17) is 15.7 Å². The molecule has 0 spiro atoms. The maximum atomic E-state index is 6.57. The Bertz CT molecular complexity index is 3530. The van der Waals surface area contributed by atoms with E-state index in [0.717, 1.165) is 27.8 Å². The summed E-state index contributed by atoms with van der Waals surface area (Å²) in [5.41, 5.74) is 16.4. The van der Waals surface area contributed by atoms with Crippen molar-refractivity contribution < 1.29 is 4.84 Å². The smallest absolute Gasteiger partial charge is 0.175 e. The Balaban J connectivity index is 0.00000232. The van der Waals surface area contributed by atoms with Crippen molar-refractivity contribution in [2.75, 3.05) is 0 Å².